The molecule has 0 saturated heterocycles. The van der Waals surface area contributed by atoms with Crippen LogP contribution in [0.15, 0.2) is 12.1 Å². The predicted octanol–water partition coefficient (Wildman–Crippen LogP) is 3.29. The van der Waals surface area contributed by atoms with Crippen LogP contribution in [0.4, 0.5) is 26.3 Å². The summed E-state index contributed by atoms with van der Waals surface area (Å²) in [6.45, 7) is 0. The Morgan fingerprint density at radius 3 is 2.12 bits per heavy atom. The Morgan fingerprint density at radius 2 is 1.71 bits per heavy atom. The number of rotatable bonds is 10. The van der Waals surface area contributed by atoms with Crippen molar-refractivity contribution in [1.82, 2.24) is 10.6 Å². The van der Waals surface area contributed by atoms with Crippen LogP contribution >= 0.6 is 0 Å². The van der Waals surface area contributed by atoms with E-state index in [1.807, 2.05) is 0 Å². The fraction of sp³-hybridized carbons (Fsp3) is 0.550. The van der Waals surface area contributed by atoms with Crippen molar-refractivity contribution in [2.75, 3.05) is 6.26 Å². The smallest absolute Gasteiger partial charge is 0.335 e. The van der Waals surface area contributed by atoms with Gasteiger partial charge in [0.15, 0.2) is 9.84 Å². The molecule has 1 aromatic rings. The fourth-order valence-corrected chi connectivity index (χ4v) is 4.61. The van der Waals surface area contributed by atoms with E-state index >= 15 is 0 Å². The van der Waals surface area contributed by atoms with Crippen molar-refractivity contribution in [3.05, 3.63) is 35.1 Å². The Morgan fingerprint density at radius 1 is 1.15 bits per heavy atom. The molecule has 2 N–H and O–H groups in total. The van der Waals surface area contributed by atoms with E-state index < -0.39 is 67.8 Å². The van der Waals surface area contributed by atoms with Gasteiger partial charge in [-0.3, -0.25) is 10.1 Å². The van der Waals surface area contributed by atoms with E-state index in [0.29, 0.717) is 6.26 Å². The van der Waals surface area contributed by atoms with Crippen molar-refractivity contribution >= 4 is 15.7 Å². The maximum absolute atomic E-state index is 14.3. The lowest BCUT2D eigenvalue weighted by molar-refractivity contribution is -0.163. The number of unbranched alkanes of at least 4 members (excludes halogenated alkanes) is 2. The van der Waals surface area contributed by atoms with Crippen molar-refractivity contribution in [2.45, 2.75) is 61.2 Å². The van der Waals surface area contributed by atoms with Crippen LogP contribution in [-0.2, 0) is 14.6 Å². The lowest BCUT2D eigenvalue weighted by Crippen LogP contribution is -2.65. The molecule has 2 rings (SSSR count). The number of nitrogens with zero attached hydrogens (tertiary/aromatic N) is 2. The van der Waals surface area contributed by atoms with Crippen LogP contribution in [0.2, 0.25) is 0 Å². The Bertz CT molecular complexity index is 1120. The van der Waals surface area contributed by atoms with Gasteiger partial charge in [-0.2, -0.15) is 23.7 Å². The van der Waals surface area contributed by atoms with Gasteiger partial charge >= 0.3 is 6.18 Å². The molecule has 1 fully saturated rings. The van der Waals surface area contributed by atoms with Gasteiger partial charge in [0.05, 0.1) is 12.1 Å². The molecule has 0 heterocycles. The van der Waals surface area contributed by atoms with Gasteiger partial charge in [0.25, 0.3) is 5.91 Å². The maximum atomic E-state index is 14.3. The molecule has 7 nitrogen and oxygen atoms in total. The summed E-state index contributed by atoms with van der Waals surface area (Å²) < 4.78 is 109. The zero-order valence-corrected chi connectivity index (χ0v) is 18.6. The van der Waals surface area contributed by atoms with E-state index in [-0.39, 0.29) is 44.2 Å². The summed E-state index contributed by atoms with van der Waals surface area (Å²) in [5, 5.41) is 21.6. The number of sulfone groups is 1. The van der Waals surface area contributed by atoms with Crippen LogP contribution in [0, 0.1) is 40.1 Å². The molecule has 0 spiro atoms. The normalized spacial score (nSPS) is 17.7. The number of carbonyl (C=O) groups excluding carboxylic acids is 1. The van der Waals surface area contributed by atoms with Gasteiger partial charge in [-0.25, -0.2) is 21.6 Å². The Hall–Kier alpha value is -2.84. The lowest BCUT2D eigenvalue weighted by atomic mass is 10.00. The van der Waals surface area contributed by atoms with Crippen LogP contribution in [0.1, 0.15) is 50.1 Å². The Balaban J connectivity index is 2.66. The first-order valence-electron chi connectivity index (χ1n) is 9.92. The molecule has 0 bridgehead atoms. The highest BCUT2D eigenvalue weighted by atomic mass is 32.2. The van der Waals surface area contributed by atoms with Gasteiger partial charge < -0.3 is 5.32 Å². The minimum absolute atomic E-state index is 0.00206. The molecule has 1 aliphatic rings. The molecule has 1 aliphatic carbocycles. The van der Waals surface area contributed by atoms with Crippen LogP contribution in [0.5, 0.6) is 0 Å². The molecule has 0 aliphatic heterocycles. The molecule has 34 heavy (non-hydrogen) atoms. The number of nitriles is 2. The first-order valence-corrected chi connectivity index (χ1v) is 11.8. The van der Waals surface area contributed by atoms with E-state index in [9.17, 15) is 44.8 Å². The predicted molar refractivity (Wildman–Crippen MR) is 106 cm³/mol. The number of amides is 1. The van der Waals surface area contributed by atoms with Crippen LogP contribution < -0.4 is 10.6 Å². The van der Waals surface area contributed by atoms with Crippen LogP contribution in [-0.4, -0.2) is 37.2 Å². The maximum Gasteiger partial charge on any atom is 0.408 e. The second-order valence-corrected chi connectivity index (χ2v) is 10.3. The van der Waals surface area contributed by atoms with E-state index in [1.54, 1.807) is 17.5 Å². The van der Waals surface area contributed by atoms with Gasteiger partial charge in [-0.05, 0) is 32.1 Å². The zero-order chi connectivity index (χ0) is 25.9. The molecule has 1 amide bonds. The number of hydrogen-bond donors (Lipinski definition) is 2. The quantitative estimate of drug-likeness (QED) is 0.368. The van der Waals surface area contributed by atoms with E-state index in [2.05, 4.69) is 5.32 Å². The van der Waals surface area contributed by atoms with E-state index in [1.165, 1.54) is 0 Å². The average Bonchev–Trinajstić information content (AvgIpc) is 3.46. The zero-order valence-electron chi connectivity index (χ0n) is 17.8. The fourth-order valence-electron chi connectivity index (χ4n) is 3.38. The molecular formula is C20H20F6N4O3S. The molecule has 186 valence electrons. The second kappa shape index (κ2) is 9.80. The van der Waals surface area contributed by atoms with Crippen molar-refractivity contribution in [3.63, 3.8) is 0 Å². The SMILES string of the molecule is CS(=O)(=O)[C@@](CCCCC#N)(N[C@@H](c1c(F)cc(F)cc1F)C(F)(F)F)C(=O)NC1(C#N)CC1. The lowest BCUT2D eigenvalue weighted by Gasteiger charge is -2.37. The van der Waals surface area contributed by atoms with E-state index in [4.69, 9.17) is 5.26 Å². The summed E-state index contributed by atoms with van der Waals surface area (Å²) in [4.78, 5) is 10.0. The number of hydrogen-bond acceptors (Lipinski definition) is 6. The third kappa shape index (κ3) is 5.80. The monoisotopic (exact) mass is 510 g/mol. The molecule has 2 atom stereocenters. The minimum Gasteiger partial charge on any atom is -0.335 e. The first-order chi connectivity index (χ1) is 15.6. The highest BCUT2D eigenvalue weighted by Crippen LogP contribution is 2.40. The Labute approximate surface area is 191 Å². The standard InChI is InChI=1S/C20H20F6N4O3S/c1-34(32,33)19(5-3-2-4-8-27,17(31)30-18(11-28)6-7-18)29-16(20(24,25)26)15-13(22)9-12(21)10-14(15)23/h9-10,16,29H,2-7H2,1H3,(H,30,31)/t16-,19+/m0/s1. The average molecular weight is 510 g/mol. The summed E-state index contributed by atoms with van der Waals surface area (Å²) in [6, 6.07) is 0.108. The number of carbonyl (C=O) groups is 1. The topological polar surface area (TPSA) is 123 Å². The summed E-state index contributed by atoms with van der Waals surface area (Å²) in [6.07, 6.45) is -5.98. The summed E-state index contributed by atoms with van der Waals surface area (Å²) in [5.74, 6) is -6.92. The van der Waals surface area contributed by atoms with Crippen molar-refractivity contribution in [1.29, 1.82) is 10.5 Å². The molecule has 0 unspecified atom stereocenters. The molecule has 0 radical (unpaired) electrons. The largest absolute Gasteiger partial charge is 0.408 e. The molecular weight excluding hydrogens is 490 g/mol. The Kier molecular flexibility index (Phi) is 7.90. The van der Waals surface area contributed by atoms with Crippen LogP contribution in [0.25, 0.3) is 0 Å². The number of alkyl halides is 3. The summed E-state index contributed by atoms with van der Waals surface area (Å²) in [5.41, 5.74) is -3.21. The van der Waals surface area contributed by atoms with Crippen LogP contribution in [0.3, 0.4) is 0 Å². The highest BCUT2D eigenvalue weighted by Gasteiger charge is 2.57. The highest BCUT2D eigenvalue weighted by molar-refractivity contribution is 7.92. The van der Waals surface area contributed by atoms with E-state index in [0.717, 1.165) is 0 Å². The first kappa shape index (κ1) is 27.4. The van der Waals surface area contributed by atoms with Gasteiger partial charge in [-0.1, -0.05) is 0 Å². The third-order valence-corrected chi connectivity index (χ3v) is 7.19. The van der Waals surface area contributed by atoms with Gasteiger partial charge in [0, 0.05) is 30.4 Å². The minimum atomic E-state index is -5.53. The molecule has 1 saturated carbocycles. The van der Waals surface area contributed by atoms with Gasteiger partial charge in [0.1, 0.15) is 29.0 Å². The third-order valence-electron chi connectivity index (χ3n) is 5.42. The number of nitrogens with one attached hydrogen (secondary N) is 2. The van der Waals surface area contributed by atoms with Crippen molar-refractivity contribution in [2.24, 2.45) is 0 Å². The number of benzene rings is 1. The summed E-state index contributed by atoms with van der Waals surface area (Å²) >= 11 is 0. The molecule has 1 aromatic carbocycles. The second-order valence-electron chi connectivity index (χ2n) is 8.01. The van der Waals surface area contributed by atoms with Gasteiger partial charge in [0.2, 0.25) is 4.87 Å². The molecule has 14 heteroatoms. The van der Waals surface area contributed by atoms with Crippen molar-refractivity contribution < 1.29 is 39.6 Å². The van der Waals surface area contributed by atoms with Crippen molar-refractivity contribution in [3.8, 4) is 12.1 Å². The molecule has 0 aromatic heterocycles. The van der Waals surface area contributed by atoms with Gasteiger partial charge in [-0.15, -0.1) is 0 Å². The summed E-state index contributed by atoms with van der Waals surface area (Å²) in [7, 11) is -4.80. The number of halogens is 6.